The number of carboxylic acid groups (broad SMARTS) is 1. The molecular weight excluding hydrogens is 300 g/mol. The number of aliphatic carboxylic acids is 1. The predicted molar refractivity (Wildman–Crippen MR) is 91.8 cm³/mol. The molecule has 0 unspecified atom stereocenters. The van der Waals surface area contributed by atoms with Gasteiger partial charge in [0, 0.05) is 11.1 Å². The lowest BCUT2D eigenvalue weighted by atomic mass is 9.84. The molecule has 2 N–H and O–H groups in total. The van der Waals surface area contributed by atoms with E-state index in [1.54, 1.807) is 12.1 Å². The molecule has 0 atom stereocenters. The molecule has 0 amide bonds. The topological polar surface area (TPSA) is 57.5 Å². The summed E-state index contributed by atoms with van der Waals surface area (Å²) in [6.07, 6.45) is -0.0219. The van der Waals surface area contributed by atoms with E-state index in [0.29, 0.717) is 0 Å². The van der Waals surface area contributed by atoms with Gasteiger partial charge in [-0.15, -0.1) is 0 Å². The molecule has 0 radical (unpaired) electrons. The van der Waals surface area contributed by atoms with E-state index in [2.05, 4.69) is 0 Å². The van der Waals surface area contributed by atoms with Crippen LogP contribution in [0.4, 0.5) is 0 Å². The number of fused-ring (bicyclic) bond motifs is 3. The second-order valence-corrected chi connectivity index (χ2v) is 6.07. The minimum Gasteiger partial charge on any atom is -0.481 e. The van der Waals surface area contributed by atoms with Crippen molar-refractivity contribution in [1.82, 2.24) is 0 Å². The van der Waals surface area contributed by atoms with Crippen LogP contribution in [0, 0.1) is 0 Å². The summed E-state index contributed by atoms with van der Waals surface area (Å²) in [5.41, 5.74) is 4.03. The number of carbonyl (C=O) groups is 1. The zero-order valence-electron chi connectivity index (χ0n) is 12.9. The van der Waals surface area contributed by atoms with Gasteiger partial charge >= 0.3 is 5.97 Å². The highest BCUT2D eigenvalue weighted by Gasteiger charge is 2.42. The number of benzene rings is 3. The van der Waals surface area contributed by atoms with E-state index in [1.807, 2.05) is 60.7 Å². The first-order chi connectivity index (χ1) is 11.6. The van der Waals surface area contributed by atoms with E-state index in [4.69, 9.17) is 5.11 Å². The summed E-state index contributed by atoms with van der Waals surface area (Å²) in [4.78, 5) is 10.9. The van der Waals surface area contributed by atoms with Crippen molar-refractivity contribution in [2.24, 2.45) is 0 Å². The van der Waals surface area contributed by atoms with Gasteiger partial charge in [0.25, 0.3) is 0 Å². The second-order valence-electron chi connectivity index (χ2n) is 6.07. The van der Waals surface area contributed by atoms with Gasteiger partial charge in [0.15, 0.2) is 0 Å². The molecule has 0 fully saturated rings. The highest BCUT2D eigenvalue weighted by Crippen LogP contribution is 2.50. The molecule has 3 aromatic carbocycles. The largest absolute Gasteiger partial charge is 0.481 e. The van der Waals surface area contributed by atoms with Gasteiger partial charge in [-0.25, -0.2) is 0 Å². The number of rotatable bonds is 3. The maximum atomic E-state index is 11.6. The molecule has 3 aromatic rings. The minimum atomic E-state index is -1.21. The monoisotopic (exact) mass is 316 g/mol. The van der Waals surface area contributed by atoms with Gasteiger partial charge < -0.3 is 10.2 Å². The summed E-state index contributed by atoms with van der Waals surface area (Å²) in [7, 11) is 0. The Morgan fingerprint density at radius 2 is 1.29 bits per heavy atom. The van der Waals surface area contributed by atoms with E-state index >= 15 is 0 Å². The van der Waals surface area contributed by atoms with Gasteiger partial charge in [-0.1, -0.05) is 72.8 Å². The van der Waals surface area contributed by atoms with Crippen LogP contribution in [0.2, 0.25) is 0 Å². The van der Waals surface area contributed by atoms with Crippen molar-refractivity contribution in [3.05, 3.63) is 95.1 Å². The van der Waals surface area contributed by atoms with Crippen LogP contribution in [0.5, 0.6) is 0 Å². The molecular formula is C21H16O3. The third kappa shape index (κ3) is 2.06. The maximum Gasteiger partial charge on any atom is 0.307 e. The Morgan fingerprint density at radius 3 is 1.79 bits per heavy atom. The number of hydrogen-bond donors (Lipinski definition) is 2. The van der Waals surface area contributed by atoms with Gasteiger partial charge in [0.2, 0.25) is 0 Å². The smallest absolute Gasteiger partial charge is 0.307 e. The Hall–Kier alpha value is -2.91. The van der Waals surface area contributed by atoms with Crippen molar-refractivity contribution in [2.45, 2.75) is 12.0 Å². The normalized spacial score (nSPS) is 14.0. The summed E-state index contributed by atoms with van der Waals surface area (Å²) < 4.78 is 0. The molecule has 0 heterocycles. The molecule has 24 heavy (non-hydrogen) atoms. The third-order valence-electron chi connectivity index (χ3n) is 4.65. The van der Waals surface area contributed by atoms with Gasteiger partial charge in [-0.2, -0.15) is 0 Å². The van der Waals surface area contributed by atoms with E-state index in [-0.39, 0.29) is 6.42 Å². The molecule has 3 nitrogen and oxygen atoms in total. The number of aliphatic hydroxyl groups is 1. The number of carboxylic acids is 1. The summed E-state index contributed by atoms with van der Waals surface area (Å²) in [5, 5.41) is 20.5. The predicted octanol–water partition coefficient (Wildman–Crippen LogP) is 3.58. The molecule has 1 aliphatic carbocycles. The summed E-state index contributed by atoms with van der Waals surface area (Å²) >= 11 is 0. The van der Waals surface area contributed by atoms with Crippen molar-refractivity contribution < 1.29 is 15.0 Å². The lowest BCUT2D eigenvalue weighted by molar-refractivity contribution is -0.136. The van der Waals surface area contributed by atoms with Crippen LogP contribution < -0.4 is 0 Å². The summed E-state index contributed by atoms with van der Waals surface area (Å²) in [6, 6.07) is 22.9. The number of hydrogen-bond acceptors (Lipinski definition) is 2. The molecule has 0 aromatic heterocycles. The zero-order valence-corrected chi connectivity index (χ0v) is 12.9. The van der Waals surface area contributed by atoms with Crippen LogP contribution in [0.15, 0.2) is 72.8 Å². The van der Waals surface area contributed by atoms with E-state index < -0.39 is 11.6 Å². The van der Waals surface area contributed by atoms with Crippen LogP contribution >= 0.6 is 0 Å². The van der Waals surface area contributed by atoms with Crippen LogP contribution in [0.1, 0.15) is 22.3 Å². The summed E-state index contributed by atoms with van der Waals surface area (Å²) in [5.74, 6) is -0.863. The zero-order chi connectivity index (χ0) is 16.7. The molecule has 118 valence electrons. The maximum absolute atomic E-state index is 11.6. The molecule has 0 aliphatic heterocycles. The van der Waals surface area contributed by atoms with Crippen molar-refractivity contribution in [3.8, 4) is 11.1 Å². The van der Waals surface area contributed by atoms with Gasteiger partial charge in [-0.05, 0) is 22.3 Å². The van der Waals surface area contributed by atoms with E-state index in [9.17, 15) is 9.90 Å². The first-order valence-corrected chi connectivity index (χ1v) is 7.83. The van der Waals surface area contributed by atoms with E-state index in [0.717, 1.165) is 33.4 Å². The second kappa shape index (κ2) is 5.32. The Bertz CT molecular complexity index is 880. The van der Waals surface area contributed by atoms with Crippen molar-refractivity contribution >= 4 is 5.97 Å². The molecule has 3 heteroatoms. The standard InChI is InChI=1S/C21H16O3/c22-20(23)13-14-9-11-15(12-10-14)21(24)18-7-3-1-5-16(18)17-6-2-4-8-19(17)21/h1-12,24H,13H2,(H,22,23). The third-order valence-corrected chi connectivity index (χ3v) is 4.65. The Kier molecular flexibility index (Phi) is 3.25. The molecule has 0 saturated carbocycles. The molecule has 0 bridgehead atoms. The minimum absolute atomic E-state index is 0.0219. The van der Waals surface area contributed by atoms with Gasteiger partial charge in [0.05, 0.1) is 6.42 Å². The van der Waals surface area contributed by atoms with Gasteiger partial charge in [0.1, 0.15) is 5.60 Å². The van der Waals surface area contributed by atoms with Crippen LogP contribution in [-0.2, 0) is 16.8 Å². The Balaban J connectivity index is 1.89. The van der Waals surface area contributed by atoms with Crippen molar-refractivity contribution in [2.75, 3.05) is 0 Å². The molecule has 1 aliphatic rings. The Labute approximate surface area is 139 Å². The quantitative estimate of drug-likeness (QED) is 0.776. The average Bonchev–Trinajstić information content (AvgIpc) is 2.86. The van der Waals surface area contributed by atoms with Crippen LogP contribution in [-0.4, -0.2) is 16.2 Å². The summed E-state index contributed by atoms with van der Waals surface area (Å²) in [6.45, 7) is 0. The highest BCUT2D eigenvalue weighted by atomic mass is 16.4. The fourth-order valence-corrected chi connectivity index (χ4v) is 3.56. The molecule has 4 rings (SSSR count). The van der Waals surface area contributed by atoms with E-state index in [1.165, 1.54) is 0 Å². The van der Waals surface area contributed by atoms with Crippen LogP contribution in [0.25, 0.3) is 11.1 Å². The fraction of sp³-hybridized carbons (Fsp3) is 0.0952. The SMILES string of the molecule is O=C(O)Cc1ccc(C2(O)c3ccccc3-c3ccccc32)cc1. The highest BCUT2D eigenvalue weighted by molar-refractivity contribution is 5.82. The lowest BCUT2D eigenvalue weighted by Crippen LogP contribution is -2.26. The van der Waals surface area contributed by atoms with Gasteiger partial charge in [-0.3, -0.25) is 4.79 Å². The van der Waals surface area contributed by atoms with Crippen LogP contribution in [0.3, 0.4) is 0 Å². The first-order valence-electron chi connectivity index (χ1n) is 7.83. The van der Waals surface area contributed by atoms with Crippen molar-refractivity contribution in [3.63, 3.8) is 0 Å². The lowest BCUT2D eigenvalue weighted by Gasteiger charge is -2.26. The average molecular weight is 316 g/mol. The molecule has 0 saturated heterocycles. The molecule has 0 spiro atoms. The first kappa shape index (κ1) is 14.7. The van der Waals surface area contributed by atoms with Crippen molar-refractivity contribution in [1.29, 1.82) is 0 Å². The fourth-order valence-electron chi connectivity index (χ4n) is 3.56. The Morgan fingerprint density at radius 1 is 0.792 bits per heavy atom.